The van der Waals surface area contributed by atoms with Gasteiger partial charge in [0.2, 0.25) is 0 Å². The van der Waals surface area contributed by atoms with Gasteiger partial charge in [-0.25, -0.2) is 9.59 Å². The number of hydrogen-bond acceptors (Lipinski definition) is 6. The number of ether oxygens (including phenoxy) is 2. The molecule has 0 fully saturated rings. The number of nitrogen functional groups attached to an aromatic ring is 1. The SMILES string of the molecule is COC(=O)c1c(N)c(C#N)c2c(c1C(=O)OC)CCc1c-2[nH]c2cc(C)ccc12. The van der Waals surface area contributed by atoms with Crippen molar-refractivity contribution in [1.29, 1.82) is 5.26 Å². The zero-order chi connectivity index (χ0) is 20.9. The average molecular weight is 389 g/mol. The third-order valence-corrected chi connectivity index (χ3v) is 5.47. The van der Waals surface area contributed by atoms with Gasteiger partial charge in [-0.15, -0.1) is 0 Å². The van der Waals surface area contributed by atoms with E-state index in [1.165, 1.54) is 14.2 Å². The quantitative estimate of drug-likeness (QED) is 0.513. The van der Waals surface area contributed by atoms with Gasteiger partial charge in [0.25, 0.3) is 0 Å². The minimum atomic E-state index is -0.778. The molecule has 0 saturated heterocycles. The molecule has 146 valence electrons. The van der Waals surface area contributed by atoms with Gasteiger partial charge in [-0.3, -0.25) is 0 Å². The van der Waals surface area contributed by atoms with Gasteiger partial charge in [-0.1, -0.05) is 12.1 Å². The number of esters is 2. The van der Waals surface area contributed by atoms with E-state index in [1.807, 2.05) is 25.1 Å². The summed E-state index contributed by atoms with van der Waals surface area (Å²) in [6.45, 7) is 2.00. The van der Waals surface area contributed by atoms with Crippen LogP contribution in [0, 0.1) is 18.3 Å². The number of nitriles is 1. The van der Waals surface area contributed by atoms with E-state index < -0.39 is 11.9 Å². The number of aromatic nitrogens is 1. The summed E-state index contributed by atoms with van der Waals surface area (Å²) >= 11 is 0. The Hall–Kier alpha value is -3.79. The van der Waals surface area contributed by atoms with Crippen LogP contribution in [0.3, 0.4) is 0 Å². The molecule has 7 nitrogen and oxygen atoms in total. The summed E-state index contributed by atoms with van der Waals surface area (Å²) in [4.78, 5) is 28.4. The number of fused-ring (bicyclic) bond motifs is 5. The van der Waals surface area contributed by atoms with Crippen molar-refractivity contribution in [3.8, 4) is 17.3 Å². The molecule has 0 spiro atoms. The highest BCUT2D eigenvalue weighted by molar-refractivity contribution is 6.11. The Morgan fingerprint density at radius 1 is 1.10 bits per heavy atom. The third-order valence-electron chi connectivity index (χ3n) is 5.47. The first-order valence-electron chi connectivity index (χ1n) is 9.09. The molecule has 0 aliphatic heterocycles. The Bertz CT molecular complexity index is 1250. The second-order valence-electron chi connectivity index (χ2n) is 7.01. The molecule has 3 N–H and O–H groups in total. The molecule has 0 atom stereocenters. The zero-order valence-electron chi connectivity index (χ0n) is 16.3. The summed E-state index contributed by atoms with van der Waals surface area (Å²) in [5.74, 6) is -1.46. The standard InChI is InChI=1S/C22H19N3O4/c1-10-4-5-11-12-6-7-13-16(20(12)25-15(11)8-10)14(9-23)19(24)18(22(27)29-3)17(13)21(26)28-2/h4-5,8,25H,6-7,24H2,1-3H3. The monoisotopic (exact) mass is 389 g/mol. The Labute approximate surface area is 167 Å². The van der Waals surface area contributed by atoms with Crippen molar-refractivity contribution in [2.75, 3.05) is 20.0 Å². The van der Waals surface area contributed by atoms with Gasteiger partial charge in [0.05, 0.1) is 42.3 Å². The number of anilines is 1. The van der Waals surface area contributed by atoms with E-state index in [2.05, 4.69) is 11.1 Å². The van der Waals surface area contributed by atoms with Gasteiger partial charge in [-0.05, 0) is 42.5 Å². The van der Waals surface area contributed by atoms with Crippen LogP contribution in [0.4, 0.5) is 5.69 Å². The molecule has 0 amide bonds. The number of aromatic amines is 1. The average Bonchev–Trinajstić information content (AvgIpc) is 3.09. The van der Waals surface area contributed by atoms with Crippen molar-refractivity contribution in [1.82, 2.24) is 4.98 Å². The number of aryl methyl sites for hydroxylation is 2. The van der Waals surface area contributed by atoms with Gasteiger partial charge >= 0.3 is 11.9 Å². The van der Waals surface area contributed by atoms with E-state index in [9.17, 15) is 14.9 Å². The smallest absolute Gasteiger partial charge is 0.340 e. The molecule has 3 aromatic rings. The third kappa shape index (κ3) is 2.57. The molecule has 0 radical (unpaired) electrons. The van der Waals surface area contributed by atoms with Crippen LogP contribution in [0.5, 0.6) is 0 Å². The summed E-state index contributed by atoms with van der Waals surface area (Å²) in [5, 5.41) is 10.9. The van der Waals surface area contributed by atoms with Gasteiger partial charge in [0, 0.05) is 16.5 Å². The fraction of sp³-hybridized carbons (Fsp3) is 0.227. The molecule has 0 bridgehead atoms. The first kappa shape index (κ1) is 18.6. The Kier molecular flexibility index (Phi) is 4.27. The van der Waals surface area contributed by atoms with E-state index in [1.54, 1.807) is 0 Å². The highest BCUT2D eigenvalue weighted by atomic mass is 16.5. The lowest BCUT2D eigenvalue weighted by molar-refractivity contribution is 0.0555. The van der Waals surface area contributed by atoms with Crippen LogP contribution in [0.2, 0.25) is 0 Å². The van der Waals surface area contributed by atoms with Crippen molar-refractivity contribution in [2.45, 2.75) is 19.8 Å². The van der Waals surface area contributed by atoms with Crippen LogP contribution in [0.15, 0.2) is 18.2 Å². The molecular weight excluding hydrogens is 370 g/mol. The maximum Gasteiger partial charge on any atom is 0.340 e. The minimum Gasteiger partial charge on any atom is -0.465 e. The highest BCUT2D eigenvalue weighted by Crippen LogP contribution is 2.44. The van der Waals surface area contributed by atoms with Crippen molar-refractivity contribution >= 4 is 28.5 Å². The maximum atomic E-state index is 12.6. The van der Waals surface area contributed by atoms with Crippen molar-refractivity contribution in [2.24, 2.45) is 0 Å². The van der Waals surface area contributed by atoms with Gasteiger partial charge in [0.15, 0.2) is 0 Å². The van der Waals surface area contributed by atoms with Crippen LogP contribution in [0.1, 0.15) is 43.0 Å². The number of carbonyl (C=O) groups excluding carboxylic acids is 2. The zero-order valence-corrected chi connectivity index (χ0v) is 16.3. The summed E-state index contributed by atoms with van der Waals surface area (Å²) in [7, 11) is 2.44. The predicted molar refractivity (Wildman–Crippen MR) is 108 cm³/mol. The Morgan fingerprint density at radius 2 is 1.76 bits per heavy atom. The molecule has 29 heavy (non-hydrogen) atoms. The van der Waals surface area contributed by atoms with E-state index in [-0.39, 0.29) is 22.4 Å². The summed E-state index contributed by atoms with van der Waals surface area (Å²) in [5.41, 5.74) is 11.2. The molecule has 1 aromatic heterocycles. The summed E-state index contributed by atoms with van der Waals surface area (Å²) in [6, 6.07) is 8.23. The number of methoxy groups -OCH3 is 2. The molecule has 4 rings (SSSR count). The van der Waals surface area contributed by atoms with E-state index >= 15 is 0 Å². The number of nitrogens with zero attached hydrogens (tertiary/aromatic N) is 1. The van der Waals surface area contributed by atoms with Crippen molar-refractivity contribution < 1.29 is 19.1 Å². The molecule has 1 aliphatic rings. The summed E-state index contributed by atoms with van der Waals surface area (Å²) < 4.78 is 9.76. The fourth-order valence-corrected chi connectivity index (χ4v) is 4.20. The minimum absolute atomic E-state index is 0.0614. The number of benzene rings is 2. The second kappa shape index (κ2) is 6.67. The lowest BCUT2D eigenvalue weighted by atomic mass is 9.80. The largest absolute Gasteiger partial charge is 0.465 e. The highest BCUT2D eigenvalue weighted by Gasteiger charge is 2.35. The van der Waals surface area contributed by atoms with E-state index in [0.717, 1.165) is 27.7 Å². The Balaban J connectivity index is 2.15. The molecular formula is C22H19N3O4. The topological polar surface area (TPSA) is 118 Å². The number of rotatable bonds is 2. The first-order valence-corrected chi connectivity index (χ1v) is 9.09. The lowest BCUT2D eigenvalue weighted by Gasteiger charge is -2.24. The molecule has 1 aliphatic carbocycles. The molecule has 0 unspecified atom stereocenters. The molecule has 0 saturated carbocycles. The fourth-order valence-electron chi connectivity index (χ4n) is 4.20. The van der Waals surface area contributed by atoms with Gasteiger partial charge in [-0.2, -0.15) is 5.26 Å². The molecule has 1 heterocycles. The number of carbonyl (C=O) groups is 2. The number of nitrogens with one attached hydrogen (secondary N) is 1. The molecule has 2 aromatic carbocycles. The van der Waals surface area contributed by atoms with Crippen LogP contribution in [0.25, 0.3) is 22.2 Å². The number of nitrogens with two attached hydrogens (primary N) is 1. The van der Waals surface area contributed by atoms with E-state index in [0.29, 0.717) is 24.0 Å². The normalized spacial score (nSPS) is 12.1. The van der Waals surface area contributed by atoms with Gasteiger partial charge < -0.3 is 20.2 Å². The Morgan fingerprint density at radius 3 is 2.41 bits per heavy atom. The van der Waals surface area contributed by atoms with Gasteiger partial charge in [0.1, 0.15) is 6.07 Å². The lowest BCUT2D eigenvalue weighted by Crippen LogP contribution is -2.21. The number of hydrogen-bond donors (Lipinski definition) is 2. The van der Waals surface area contributed by atoms with Crippen LogP contribution in [-0.2, 0) is 22.3 Å². The molecule has 7 heteroatoms. The number of H-pyrrole nitrogens is 1. The second-order valence-corrected chi connectivity index (χ2v) is 7.01. The summed E-state index contributed by atoms with van der Waals surface area (Å²) in [6.07, 6.45) is 1.11. The van der Waals surface area contributed by atoms with Crippen LogP contribution < -0.4 is 5.73 Å². The van der Waals surface area contributed by atoms with Crippen LogP contribution in [-0.4, -0.2) is 31.1 Å². The van der Waals surface area contributed by atoms with E-state index in [4.69, 9.17) is 15.2 Å². The van der Waals surface area contributed by atoms with Crippen molar-refractivity contribution in [3.63, 3.8) is 0 Å². The van der Waals surface area contributed by atoms with Crippen LogP contribution >= 0.6 is 0 Å². The van der Waals surface area contributed by atoms with Crippen molar-refractivity contribution in [3.05, 3.63) is 51.6 Å². The predicted octanol–water partition coefficient (Wildman–Crippen LogP) is 3.27. The first-order chi connectivity index (χ1) is 13.9. The maximum absolute atomic E-state index is 12.6.